The number of carbonyl (C=O) groups is 1. The van der Waals surface area contributed by atoms with Crippen LogP contribution in [0.25, 0.3) is 0 Å². The summed E-state index contributed by atoms with van der Waals surface area (Å²) in [4.78, 5) is 16.0. The van der Waals surface area contributed by atoms with Crippen molar-refractivity contribution in [1.29, 1.82) is 0 Å². The minimum absolute atomic E-state index is 0.0362. The van der Waals surface area contributed by atoms with Gasteiger partial charge in [0.25, 0.3) is 5.91 Å². The fraction of sp³-hybridized carbons (Fsp3) is 0.500. The van der Waals surface area contributed by atoms with Gasteiger partial charge in [-0.15, -0.1) is 0 Å². The SMILES string of the molecule is CC(C)(C)C(Cn1ccnc1)NC(=O)c1cn[nH]n1. The molecule has 0 bridgehead atoms. The Morgan fingerprint density at radius 3 is 2.84 bits per heavy atom. The normalized spacial score (nSPS) is 13.2. The first kappa shape index (κ1) is 13.3. The van der Waals surface area contributed by atoms with E-state index in [0.29, 0.717) is 12.2 Å². The average molecular weight is 262 g/mol. The highest BCUT2D eigenvalue weighted by molar-refractivity contribution is 5.92. The van der Waals surface area contributed by atoms with Crippen LogP contribution >= 0.6 is 0 Å². The van der Waals surface area contributed by atoms with Crippen molar-refractivity contribution in [3.05, 3.63) is 30.6 Å². The molecular formula is C12H18N6O. The summed E-state index contributed by atoms with van der Waals surface area (Å²) in [6.45, 7) is 6.90. The van der Waals surface area contributed by atoms with Crippen LogP contribution in [0.15, 0.2) is 24.9 Å². The van der Waals surface area contributed by atoms with Gasteiger partial charge in [-0.2, -0.15) is 15.4 Å². The Morgan fingerprint density at radius 1 is 1.53 bits per heavy atom. The number of hydrogen-bond donors (Lipinski definition) is 2. The summed E-state index contributed by atoms with van der Waals surface area (Å²) in [6.07, 6.45) is 6.74. The molecule has 1 amide bonds. The fourth-order valence-electron chi connectivity index (χ4n) is 1.68. The first-order valence-electron chi connectivity index (χ1n) is 6.09. The van der Waals surface area contributed by atoms with E-state index < -0.39 is 0 Å². The highest BCUT2D eigenvalue weighted by atomic mass is 16.2. The van der Waals surface area contributed by atoms with Gasteiger partial charge in [0.1, 0.15) is 0 Å². The summed E-state index contributed by atoms with van der Waals surface area (Å²) < 4.78 is 1.94. The van der Waals surface area contributed by atoms with Crippen molar-refractivity contribution in [2.45, 2.75) is 33.4 Å². The number of imidazole rings is 1. The Bertz CT molecular complexity index is 511. The number of H-pyrrole nitrogens is 1. The number of aromatic nitrogens is 5. The standard InChI is InChI=1S/C12H18N6O/c1-12(2,3)10(7-18-5-4-13-8-18)15-11(19)9-6-14-17-16-9/h4-6,8,10H,7H2,1-3H3,(H,15,19)(H,14,16,17). The first-order valence-corrected chi connectivity index (χ1v) is 6.09. The molecule has 2 rings (SSSR count). The number of amides is 1. The summed E-state index contributed by atoms with van der Waals surface area (Å²) in [6, 6.07) is -0.0362. The second kappa shape index (κ2) is 5.21. The predicted octanol–water partition coefficient (Wildman–Crippen LogP) is 0.846. The molecule has 2 aromatic rings. The minimum Gasteiger partial charge on any atom is -0.346 e. The van der Waals surface area contributed by atoms with E-state index in [1.807, 2.05) is 10.8 Å². The summed E-state index contributed by atoms with van der Waals surface area (Å²) in [5.41, 5.74) is 0.212. The lowest BCUT2D eigenvalue weighted by Crippen LogP contribution is -2.46. The molecule has 1 unspecified atom stereocenters. The van der Waals surface area contributed by atoms with Gasteiger partial charge in [0.05, 0.1) is 18.6 Å². The van der Waals surface area contributed by atoms with Crippen LogP contribution in [0.3, 0.4) is 0 Å². The van der Waals surface area contributed by atoms with Gasteiger partial charge in [0, 0.05) is 18.9 Å². The van der Waals surface area contributed by atoms with Crippen molar-refractivity contribution in [2.24, 2.45) is 5.41 Å². The van der Waals surface area contributed by atoms with E-state index in [4.69, 9.17) is 0 Å². The Balaban J connectivity index is 2.08. The third kappa shape index (κ3) is 3.40. The van der Waals surface area contributed by atoms with Crippen molar-refractivity contribution in [3.63, 3.8) is 0 Å². The predicted molar refractivity (Wildman–Crippen MR) is 69.3 cm³/mol. The van der Waals surface area contributed by atoms with Gasteiger partial charge in [-0.25, -0.2) is 4.98 Å². The molecule has 0 aliphatic rings. The van der Waals surface area contributed by atoms with E-state index in [0.717, 1.165) is 0 Å². The van der Waals surface area contributed by atoms with E-state index in [9.17, 15) is 4.79 Å². The lowest BCUT2D eigenvalue weighted by molar-refractivity contribution is 0.0887. The second-order valence-corrected chi connectivity index (χ2v) is 5.51. The van der Waals surface area contributed by atoms with Crippen LogP contribution in [0.2, 0.25) is 0 Å². The van der Waals surface area contributed by atoms with Gasteiger partial charge in [-0.3, -0.25) is 4.79 Å². The van der Waals surface area contributed by atoms with E-state index >= 15 is 0 Å². The number of rotatable bonds is 4. The van der Waals surface area contributed by atoms with Gasteiger partial charge in [-0.1, -0.05) is 20.8 Å². The Morgan fingerprint density at radius 2 is 2.32 bits per heavy atom. The molecule has 19 heavy (non-hydrogen) atoms. The topological polar surface area (TPSA) is 88.5 Å². The van der Waals surface area contributed by atoms with E-state index in [1.54, 1.807) is 12.5 Å². The monoisotopic (exact) mass is 262 g/mol. The van der Waals surface area contributed by atoms with E-state index in [-0.39, 0.29) is 17.4 Å². The fourth-order valence-corrected chi connectivity index (χ4v) is 1.68. The molecule has 102 valence electrons. The highest BCUT2D eigenvalue weighted by Gasteiger charge is 2.27. The maximum absolute atomic E-state index is 12.0. The van der Waals surface area contributed by atoms with Crippen LogP contribution in [0, 0.1) is 5.41 Å². The number of aromatic amines is 1. The average Bonchev–Trinajstić information content (AvgIpc) is 2.99. The number of nitrogens with one attached hydrogen (secondary N) is 2. The van der Waals surface area contributed by atoms with Crippen LogP contribution in [0.1, 0.15) is 31.3 Å². The third-order valence-corrected chi connectivity index (χ3v) is 2.95. The molecule has 2 heterocycles. The lowest BCUT2D eigenvalue weighted by Gasteiger charge is -2.31. The maximum Gasteiger partial charge on any atom is 0.273 e. The van der Waals surface area contributed by atoms with Crippen molar-refractivity contribution < 1.29 is 4.79 Å². The molecule has 0 spiro atoms. The molecule has 0 fully saturated rings. The smallest absolute Gasteiger partial charge is 0.273 e. The molecular weight excluding hydrogens is 244 g/mol. The number of carbonyl (C=O) groups excluding carboxylic acids is 1. The quantitative estimate of drug-likeness (QED) is 0.854. The highest BCUT2D eigenvalue weighted by Crippen LogP contribution is 2.21. The van der Waals surface area contributed by atoms with Crippen molar-refractivity contribution in [2.75, 3.05) is 0 Å². The zero-order chi connectivity index (χ0) is 13.9. The third-order valence-electron chi connectivity index (χ3n) is 2.95. The van der Waals surface area contributed by atoms with Gasteiger partial charge in [-0.05, 0) is 5.41 Å². The summed E-state index contributed by atoms with van der Waals surface area (Å²) in [5, 5.41) is 12.8. The van der Waals surface area contributed by atoms with Crippen molar-refractivity contribution in [3.8, 4) is 0 Å². The molecule has 0 aromatic carbocycles. The molecule has 7 nitrogen and oxygen atoms in total. The van der Waals surface area contributed by atoms with E-state index in [1.165, 1.54) is 6.20 Å². The molecule has 0 radical (unpaired) electrons. The summed E-state index contributed by atoms with van der Waals surface area (Å²) in [5.74, 6) is -0.228. The second-order valence-electron chi connectivity index (χ2n) is 5.51. The minimum atomic E-state index is -0.228. The van der Waals surface area contributed by atoms with Gasteiger partial charge >= 0.3 is 0 Å². The van der Waals surface area contributed by atoms with Crippen molar-refractivity contribution >= 4 is 5.91 Å². The van der Waals surface area contributed by atoms with Crippen LogP contribution in [0.4, 0.5) is 0 Å². The maximum atomic E-state index is 12.0. The van der Waals surface area contributed by atoms with Gasteiger partial charge in [0.15, 0.2) is 5.69 Å². The molecule has 2 aromatic heterocycles. The van der Waals surface area contributed by atoms with Crippen LogP contribution < -0.4 is 5.32 Å². The van der Waals surface area contributed by atoms with Crippen LogP contribution in [-0.4, -0.2) is 36.9 Å². The molecule has 0 saturated heterocycles. The molecule has 1 atom stereocenters. The molecule has 7 heteroatoms. The Labute approximate surface area is 111 Å². The molecule has 0 saturated carbocycles. The van der Waals surface area contributed by atoms with Crippen LogP contribution in [0.5, 0.6) is 0 Å². The molecule has 0 aliphatic carbocycles. The van der Waals surface area contributed by atoms with Gasteiger partial charge < -0.3 is 9.88 Å². The first-order chi connectivity index (χ1) is 8.97. The van der Waals surface area contributed by atoms with Crippen LogP contribution in [-0.2, 0) is 6.54 Å². The zero-order valence-electron chi connectivity index (χ0n) is 11.3. The Hall–Kier alpha value is -2.18. The Kier molecular flexibility index (Phi) is 3.64. The molecule has 0 aliphatic heterocycles. The lowest BCUT2D eigenvalue weighted by atomic mass is 9.86. The van der Waals surface area contributed by atoms with E-state index in [2.05, 4.69) is 46.5 Å². The number of hydrogen-bond acceptors (Lipinski definition) is 4. The summed E-state index contributed by atoms with van der Waals surface area (Å²) in [7, 11) is 0. The van der Waals surface area contributed by atoms with Gasteiger partial charge in [0.2, 0.25) is 0 Å². The largest absolute Gasteiger partial charge is 0.346 e. The zero-order valence-corrected chi connectivity index (χ0v) is 11.3. The summed E-state index contributed by atoms with van der Waals surface area (Å²) >= 11 is 0. The van der Waals surface area contributed by atoms with Crippen molar-refractivity contribution in [1.82, 2.24) is 30.3 Å². The number of nitrogens with zero attached hydrogens (tertiary/aromatic N) is 4. The molecule has 2 N–H and O–H groups in total.